The summed E-state index contributed by atoms with van der Waals surface area (Å²) in [7, 11) is 1.91. The Hall–Kier alpha value is -2.60. The lowest BCUT2D eigenvalue weighted by Crippen LogP contribution is -2.14. The van der Waals surface area contributed by atoms with Crippen molar-refractivity contribution in [2.24, 2.45) is 0 Å². The summed E-state index contributed by atoms with van der Waals surface area (Å²) in [6.07, 6.45) is 1.75. The number of benzene rings is 1. The quantitative estimate of drug-likeness (QED) is 0.791. The SMILES string of the molecule is CNC(C)c1ccc(-n2nnc(-c3ccccc3)n2)cn1. The van der Waals surface area contributed by atoms with Crippen LogP contribution in [0.3, 0.4) is 0 Å². The molecule has 0 aliphatic heterocycles. The van der Waals surface area contributed by atoms with Gasteiger partial charge < -0.3 is 5.32 Å². The number of nitrogens with one attached hydrogen (secondary N) is 1. The Kier molecular flexibility index (Phi) is 3.70. The molecule has 0 fully saturated rings. The maximum absolute atomic E-state index is 4.42. The lowest BCUT2D eigenvalue weighted by Gasteiger charge is -2.09. The molecule has 106 valence electrons. The van der Waals surface area contributed by atoms with Crippen molar-refractivity contribution in [2.75, 3.05) is 7.05 Å². The first-order chi connectivity index (χ1) is 10.3. The molecule has 0 spiro atoms. The van der Waals surface area contributed by atoms with Crippen molar-refractivity contribution >= 4 is 0 Å². The molecule has 0 saturated carbocycles. The van der Waals surface area contributed by atoms with E-state index in [-0.39, 0.29) is 6.04 Å². The molecule has 0 bridgehead atoms. The molecule has 1 aromatic carbocycles. The van der Waals surface area contributed by atoms with E-state index in [0.29, 0.717) is 5.82 Å². The monoisotopic (exact) mass is 280 g/mol. The standard InChI is InChI=1S/C15H16N6/c1-11(16-2)14-9-8-13(10-17-14)21-19-15(18-20-21)12-6-4-3-5-7-12/h3-11,16H,1-2H3. The molecule has 1 N–H and O–H groups in total. The Bertz CT molecular complexity index is 705. The molecule has 0 saturated heterocycles. The maximum atomic E-state index is 4.42. The number of aromatic nitrogens is 5. The van der Waals surface area contributed by atoms with Gasteiger partial charge in [-0.2, -0.15) is 0 Å². The van der Waals surface area contributed by atoms with Crippen LogP contribution in [-0.2, 0) is 0 Å². The van der Waals surface area contributed by atoms with E-state index < -0.39 is 0 Å². The van der Waals surface area contributed by atoms with Crippen molar-refractivity contribution in [1.82, 2.24) is 30.5 Å². The molecule has 21 heavy (non-hydrogen) atoms. The first-order valence-electron chi connectivity index (χ1n) is 6.77. The third kappa shape index (κ3) is 2.80. The summed E-state index contributed by atoms with van der Waals surface area (Å²) in [6.45, 7) is 2.06. The van der Waals surface area contributed by atoms with Crippen molar-refractivity contribution in [3.63, 3.8) is 0 Å². The van der Waals surface area contributed by atoms with Gasteiger partial charge in [-0.25, -0.2) is 0 Å². The molecular formula is C15H16N6. The zero-order valence-electron chi connectivity index (χ0n) is 11.9. The molecule has 2 heterocycles. The molecule has 0 amide bonds. The van der Waals surface area contributed by atoms with Crippen LogP contribution in [0.1, 0.15) is 18.7 Å². The van der Waals surface area contributed by atoms with E-state index >= 15 is 0 Å². The second-order valence-corrected chi connectivity index (χ2v) is 4.72. The molecular weight excluding hydrogens is 264 g/mol. The van der Waals surface area contributed by atoms with E-state index in [1.54, 1.807) is 6.20 Å². The summed E-state index contributed by atoms with van der Waals surface area (Å²) >= 11 is 0. The maximum Gasteiger partial charge on any atom is 0.205 e. The van der Waals surface area contributed by atoms with Gasteiger partial charge in [0.15, 0.2) is 0 Å². The van der Waals surface area contributed by atoms with Crippen molar-refractivity contribution in [3.8, 4) is 17.1 Å². The molecule has 0 aliphatic carbocycles. The fourth-order valence-electron chi connectivity index (χ4n) is 1.95. The van der Waals surface area contributed by atoms with Crippen molar-refractivity contribution in [3.05, 3.63) is 54.4 Å². The number of nitrogens with zero attached hydrogens (tertiary/aromatic N) is 5. The minimum atomic E-state index is 0.211. The highest BCUT2D eigenvalue weighted by molar-refractivity contribution is 5.53. The van der Waals surface area contributed by atoms with Gasteiger partial charge in [-0.05, 0) is 31.3 Å². The second-order valence-electron chi connectivity index (χ2n) is 4.72. The fourth-order valence-corrected chi connectivity index (χ4v) is 1.95. The van der Waals surface area contributed by atoms with Crippen LogP contribution >= 0.6 is 0 Å². The number of pyridine rings is 1. The predicted octanol–water partition coefficient (Wildman–Crippen LogP) is 2.00. The summed E-state index contributed by atoms with van der Waals surface area (Å²) < 4.78 is 0. The highest BCUT2D eigenvalue weighted by Crippen LogP contribution is 2.14. The van der Waals surface area contributed by atoms with Gasteiger partial charge >= 0.3 is 0 Å². The highest BCUT2D eigenvalue weighted by atomic mass is 15.6. The molecule has 1 unspecified atom stereocenters. The zero-order chi connectivity index (χ0) is 14.7. The number of rotatable bonds is 4. The van der Waals surface area contributed by atoms with E-state index in [0.717, 1.165) is 16.9 Å². The molecule has 2 aromatic heterocycles. The van der Waals surface area contributed by atoms with Gasteiger partial charge in [0.1, 0.15) is 5.69 Å². The van der Waals surface area contributed by atoms with E-state index in [1.165, 1.54) is 4.80 Å². The lowest BCUT2D eigenvalue weighted by atomic mass is 10.2. The van der Waals surface area contributed by atoms with Gasteiger partial charge in [-0.3, -0.25) is 4.98 Å². The van der Waals surface area contributed by atoms with Gasteiger partial charge in [0.05, 0.1) is 11.9 Å². The molecule has 3 rings (SSSR count). The average Bonchev–Trinajstić information content (AvgIpc) is 3.05. The molecule has 0 aliphatic rings. The summed E-state index contributed by atoms with van der Waals surface area (Å²) in [5.74, 6) is 0.600. The lowest BCUT2D eigenvalue weighted by molar-refractivity contribution is 0.630. The molecule has 6 nitrogen and oxygen atoms in total. The van der Waals surface area contributed by atoms with Crippen molar-refractivity contribution < 1.29 is 0 Å². The predicted molar refractivity (Wildman–Crippen MR) is 79.9 cm³/mol. The Morgan fingerprint density at radius 3 is 2.57 bits per heavy atom. The normalized spacial score (nSPS) is 12.3. The van der Waals surface area contributed by atoms with Crippen LogP contribution in [0, 0.1) is 0 Å². The Balaban J connectivity index is 1.86. The summed E-state index contributed by atoms with van der Waals surface area (Å²) in [6, 6.07) is 13.9. The topological polar surface area (TPSA) is 68.5 Å². The summed E-state index contributed by atoms with van der Waals surface area (Å²) in [4.78, 5) is 5.91. The van der Waals surface area contributed by atoms with E-state index in [4.69, 9.17) is 0 Å². The van der Waals surface area contributed by atoms with Gasteiger partial charge in [0.2, 0.25) is 5.82 Å². The Labute approximate surface area is 122 Å². The van der Waals surface area contributed by atoms with Crippen LogP contribution in [0.25, 0.3) is 17.1 Å². The van der Waals surface area contributed by atoms with Gasteiger partial charge in [0, 0.05) is 11.6 Å². The Morgan fingerprint density at radius 2 is 1.90 bits per heavy atom. The van der Waals surface area contributed by atoms with Crippen molar-refractivity contribution in [2.45, 2.75) is 13.0 Å². The van der Waals surface area contributed by atoms with Gasteiger partial charge in [-0.15, -0.1) is 15.0 Å². The molecule has 1 atom stereocenters. The summed E-state index contributed by atoms with van der Waals surface area (Å²) in [5, 5.41) is 15.7. The minimum absolute atomic E-state index is 0.211. The zero-order valence-corrected chi connectivity index (χ0v) is 11.9. The fraction of sp³-hybridized carbons (Fsp3) is 0.200. The van der Waals surface area contributed by atoms with Crippen molar-refractivity contribution in [1.29, 1.82) is 0 Å². The van der Waals surface area contributed by atoms with Crippen LogP contribution in [-0.4, -0.2) is 32.2 Å². The van der Waals surface area contributed by atoms with Crippen LogP contribution in [0.4, 0.5) is 0 Å². The number of tetrazole rings is 1. The summed E-state index contributed by atoms with van der Waals surface area (Å²) in [5.41, 5.74) is 2.71. The van der Waals surface area contributed by atoms with Crippen LogP contribution in [0.2, 0.25) is 0 Å². The van der Waals surface area contributed by atoms with Gasteiger partial charge in [0.25, 0.3) is 0 Å². The molecule has 0 radical (unpaired) electrons. The smallest absolute Gasteiger partial charge is 0.205 e. The molecule has 6 heteroatoms. The largest absolute Gasteiger partial charge is 0.312 e. The minimum Gasteiger partial charge on any atom is -0.312 e. The average molecular weight is 280 g/mol. The third-order valence-corrected chi connectivity index (χ3v) is 3.32. The number of hydrogen-bond acceptors (Lipinski definition) is 5. The van der Waals surface area contributed by atoms with E-state index in [1.807, 2.05) is 49.5 Å². The first-order valence-corrected chi connectivity index (χ1v) is 6.77. The van der Waals surface area contributed by atoms with E-state index in [9.17, 15) is 0 Å². The third-order valence-electron chi connectivity index (χ3n) is 3.32. The second kappa shape index (κ2) is 5.80. The van der Waals surface area contributed by atoms with Crippen LogP contribution in [0.15, 0.2) is 48.7 Å². The Morgan fingerprint density at radius 1 is 1.10 bits per heavy atom. The van der Waals surface area contributed by atoms with Gasteiger partial charge in [-0.1, -0.05) is 30.3 Å². The highest BCUT2D eigenvalue weighted by Gasteiger charge is 2.08. The first kappa shape index (κ1) is 13.4. The molecule has 3 aromatic rings. The van der Waals surface area contributed by atoms with Crippen LogP contribution < -0.4 is 5.32 Å². The number of hydrogen-bond donors (Lipinski definition) is 1. The van der Waals surface area contributed by atoms with Crippen LogP contribution in [0.5, 0.6) is 0 Å². The van der Waals surface area contributed by atoms with E-state index in [2.05, 4.69) is 32.6 Å².